The number of ether oxygens (including phenoxy) is 1. The molecule has 1 aromatic heterocycles. The van der Waals surface area contributed by atoms with Crippen LogP contribution in [0.4, 0.5) is 5.69 Å². The van der Waals surface area contributed by atoms with Crippen molar-refractivity contribution in [2.45, 2.75) is 37.5 Å². The van der Waals surface area contributed by atoms with Crippen molar-refractivity contribution in [1.82, 2.24) is 13.9 Å². The van der Waals surface area contributed by atoms with Gasteiger partial charge in [0.05, 0.1) is 23.4 Å². The molecule has 0 unspecified atom stereocenters. The number of aromatic nitrogens is 2. The smallest absolute Gasteiger partial charge is 0.244 e. The van der Waals surface area contributed by atoms with Crippen molar-refractivity contribution in [3.05, 3.63) is 43.0 Å². The minimum atomic E-state index is -3.59. The summed E-state index contributed by atoms with van der Waals surface area (Å²) in [4.78, 5) is 16.1. The highest BCUT2D eigenvalue weighted by molar-refractivity contribution is 7.89. The Labute approximate surface area is 152 Å². The molecule has 1 aliphatic heterocycles. The Morgan fingerprint density at radius 2 is 1.88 bits per heavy atom. The number of anilines is 1. The normalized spacial score (nSPS) is 21.5. The van der Waals surface area contributed by atoms with Crippen molar-refractivity contribution in [3.8, 4) is 0 Å². The van der Waals surface area contributed by atoms with Crippen LogP contribution in [0.3, 0.4) is 0 Å². The first-order chi connectivity index (χ1) is 12.3. The highest BCUT2D eigenvalue weighted by atomic mass is 32.2. The molecule has 140 valence electrons. The summed E-state index contributed by atoms with van der Waals surface area (Å²) in [5.41, 5.74) is 0.540. The van der Waals surface area contributed by atoms with Crippen LogP contribution in [0.5, 0.6) is 0 Å². The first-order valence-corrected chi connectivity index (χ1v) is 9.80. The van der Waals surface area contributed by atoms with E-state index < -0.39 is 10.0 Å². The summed E-state index contributed by atoms with van der Waals surface area (Å²) in [6.45, 7) is 4.52. The van der Waals surface area contributed by atoms with E-state index in [4.69, 9.17) is 4.74 Å². The van der Waals surface area contributed by atoms with Gasteiger partial charge >= 0.3 is 0 Å². The summed E-state index contributed by atoms with van der Waals surface area (Å²) < 4.78 is 34.3. The van der Waals surface area contributed by atoms with Gasteiger partial charge in [0.1, 0.15) is 6.54 Å². The van der Waals surface area contributed by atoms with Crippen LogP contribution >= 0.6 is 0 Å². The third-order valence-electron chi connectivity index (χ3n) is 4.05. The van der Waals surface area contributed by atoms with Gasteiger partial charge in [0.15, 0.2) is 0 Å². The summed E-state index contributed by atoms with van der Waals surface area (Å²) in [7, 11) is -3.59. The molecule has 0 aliphatic carbocycles. The van der Waals surface area contributed by atoms with Gasteiger partial charge in [-0.3, -0.25) is 4.79 Å². The third kappa shape index (κ3) is 4.29. The maximum atomic E-state index is 12.8. The Kier molecular flexibility index (Phi) is 5.40. The van der Waals surface area contributed by atoms with E-state index in [0.29, 0.717) is 18.8 Å². The predicted octanol–water partition coefficient (Wildman–Crippen LogP) is 1.32. The first kappa shape index (κ1) is 18.6. The van der Waals surface area contributed by atoms with Crippen molar-refractivity contribution in [3.63, 3.8) is 0 Å². The number of hydrogen-bond donors (Lipinski definition) is 1. The van der Waals surface area contributed by atoms with Gasteiger partial charge in [0.25, 0.3) is 0 Å². The molecule has 0 saturated carbocycles. The quantitative estimate of drug-likeness (QED) is 0.847. The van der Waals surface area contributed by atoms with Crippen LogP contribution in [0.2, 0.25) is 0 Å². The highest BCUT2D eigenvalue weighted by Crippen LogP contribution is 2.22. The number of rotatable bonds is 5. The summed E-state index contributed by atoms with van der Waals surface area (Å²) in [5.74, 6) is -0.213. The fourth-order valence-electron chi connectivity index (χ4n) is 2.93. The monoisotopic (exact) mass is 378 g/mol. The lowest BCUT2D eigenvalue weighted by molar-refractivity contribution is -0.116. The van der Waals surface area contributed by atoms with Gasteiger partial charge in [0, 0.05) is 31.2 Å². The van der Waals surface area contributed by atoms with E-state index in [9.17, 15) is 13.2 Å². The lowest BCUT2D eigenvalue weighted by atomic mass is 10.3. The molecular weight excluding hydrogens is 356 g/mol. The highest BCUT2D eigenvalue weighted by Gasteiger charge is 2.32. The Bertz CT molecular complexity index is 839. The Morgan fingerprint density at radius 1 is 1.23 bits per heavy atom. The first-order valence-electron chi connectivity index (χ1n) is 8.36. The van der Waals surface area contributed by atoms with E-state index in [1.165, 1.54) is 16.4 Å². The van der Waals surface area contributed by atoms with Crippen molar-refractivity contribution in [2.75, 3.05) is 18.4 Å². The summed E-state index contributed by atoms with van der Waals surface area (Å²) in [6, 6.07) is 6.19. The molecular formula is C17H22N4O4S. The Morgan fingerprint density at radius 3 is 2.46 bits per heavy atom. The second kappa shape index (κ2) is 7.56. The lowest BCUT2D eigenvalue weighted by Crippen LogP contribution is -2.48. The number of carbonyl (C=O) groups excluding carboxylic acids is 1. The van der Waals surface area contributed by atoms with Gasteiger partial charge in [0.2, 0.25) is 15.9 Å². The van der Waals surface area contributed by atoms with Gasteiger partial charge < -0.3 is 14.6 Å². The van der Waals surface area contributed by atoms with E-state index in [1.807, 2.05) is 13.8 Å². The molecule has 1 N–H and O–H groups in total. The van der Waals surface area contributed by atoms with Gasteiger partial charge in [-0.2, -0.15) is 4.31 Å². The van der Waals surface area contributed by atoms with Gasteiger partial charge in [-0.15, -0.1) is 0 Å². The largest absolute Gasteiger partial charge is 0.373 e. The average molecular weight is 378 g/mol. The van der Waals surface area contributed by atoms with Crippen LogP contribution in [0, 0.1) is 0 Å². The number of nitrogens with one attached hydrogen (secondary N) is 1. The number of benzene rings is 1. The minimum Gasteiger partial charge on any atom is -0.373 e. The maximum absolute atomic E-state index is 12.8. The second-order valence-corrected chi connectivity index (χ2v) is 8.32. The van der Waals surface area contributed by atoms with Crippen molar-refractivity contribution in [1.29, 1.82) is 0 Å². The molecule has 2 atom stereocenters. The molecule has 1 aliphatic rings. The SMILES string of the molecule is C[C@@H]1CN(S(=O)(=O)c2ccc(NC(=O)Cn3ccnc3)cc2)C[C@H](C)O1. The number of hydrogen-bond acceptors (Lipinski definition) is 5. The van der Waals surface area contributed by atoms with E-state index >= 15 is 0 Å². The molecule has 1 saturated heterocycles. The molecule has 0 radical (unpaired) electrons. The number of morpholine rings is 1. The van der Waals surface area contributed by atoms with Crippen LogP contribution in [0.15, 0.2) is 47.9 Å². The molecule has 0 bridgehead atoms. The molecule has 1 aromatic carbocycles. The number of carbonyl (C=O) groups is 1. The molecule has 3 rings (SSSR count). The van der Waals surface area contributed by atoms with E-state index in [1.54, 1.807) is 35.4 Å². The third-order valence-corrected chi connectivity index (χ3v) is 5.89. The van der Waals surface area contributed by atoms with E-state index in [2.05, 4.69) is 10.3 Å². The molecule has 26 heavy (non-hydrogen) atoms. The fourth-order valence-corrected chi connectivity index (χ4v) is 4.52. The molecule has 9 heteroatoms. The standard InChI is InChI=1S/C17H22N4O4S/c1-13-9-21(10-14(2)25-13)26(23,24)16-5-3-15(4-6-16)19-17(22)11-20-8-7-18-12-20/h3-8,12-14H,9-11H2,1-2H3,(H,19,22)/t13-,14+. The molecule has 2 heterocycles. The van der Waals surface area contributed by atoms with Gasteiger partial charge in [-0.05, 0) is 38.1 Å². The zero-order valence-electron chi connectivity index (χ0n) is 14.7. The summed E-state index contributed by atoms with van der Waals surface area (Å²) >= 11 is 0. The van der Waals surface area contributed by atoms with Crippen LogP contribution in [0.25, 0.3) is 0 Å². The van der Waals surface area contributed by atoms with Crippen LogP contribution < -0.4 is 5.32 Å². The van der Waals surface area contributed by atoms with E-state index in [-0.39, 0.29) is 29.6 Å². The van der Waals surface area contributed by atoms with Crippen LogP contribution in [-0.2, 0) is 26.1 Å². The average Bonchev–Trinajstić information content (AvgIpc) is 3.07. The summed E-state index contributed by atoms with van der Waals surface area (Å²) in [6.07, 6.45) is 4.56. The van der Waals surface area contributed by atoms with Gasteiger partial charge in [-0.25, -0.2) is 13.4 Å². The van der Waals surface area contributed by atoms with Crippen molar-refractivity contribution < 1.29 is 17.9 Å². The van der Waals surface area contributed by atoms with Gasteiger partial charge in [-0.1, -0.05) is 0 Å². The topological polar surface area (TPSA) is 93.5 Å². The second-order valence-electron chi connectivity index (χ2n) is 6.39. The zero-order valence-corrected chi connectivity index (χ0v) is 15.5. The number of nitrogens with zero attached hydrogens (tertiary/aromatic N) is 3. The molecule has 8 nitrogen and oxygen atoms in total. The summed E-state index contributed by atoms with van der Waals surface area (Å²) in [5, 5.41) is 2.74. The Hall–Kier alpha value is -2.23. The molecule has 0 spiro atoms. The zero-order chi connectivity index (χ0) is 18.7. The molecule has 2 aromatic rings. The fraction of sp³-hybridized carbons (Fsp3) is 0.412. The van der Waals surface area contributed by atoms with E-state index in [0.717, 1.165) is 0 Å². The number of imidazole rings is 1. The Balaban J connectivity index is 1.67. The molecule has 1 fully saturated rings. The van der Waals surface area contributed by atoms with Crippen molar-refractivity contribution >= 4 is 21.6 Å². The minimum absolute atomic E-state index is 0.142. The van der Waals surface area contributed by atoms with Crippen LogP contribution in [-0.4, -0.2) is 53.5 Å². The predicted molar refractivity (Wildman–Crippen MR) is 96.1 cm³/mol. The van der Waals surface area contributed by atoms with Crippen LogP contribution in [0.1, 0.15) is 13.8 Å². The maximum Gasteiger partial charge on any atom is 0.244 e. The lowest BCUT2D eigenvalue weighted by Gasteiger charge is -2.34. The number of amides is 1. The number of sulfonamides is 1. The van der Waals surface area contributed by atoms with Crippen molar-refractivity contribution in [2.24, 2.45) is 0 Å². The molecule has 1 amide bonds.